The van der Waals surface area contributed by atoms with Gasteiger partial charge in [0.2, 0.25) is 0 Å². The van der Waals surface area contributed by atoms with E-state index in [4.69, 9.17) is 4.74 Å². The fourth-order valence-electron chi connectivity index (χ4n) is 3.46. The number of ether oxygens (including phenoxy) is 1. The third-order valence-electron chi connectivity index (χ3n) is 5.09. The molecule has 144 valence electrons. The Morgan fingerprint density at radius 2 is 1.32 bits per heavy atom. The van der Waals surface area contributed by atoms with Crippen molar-refractivity contribution < 1.29 is 9.53 Å². The van der Waals surface area contributed by atoms with Crippen molar-refractivity contribution in [2.75, 3.05) is 13.2 Å². The van der Waals surface area contributed by atoms with E-state index >= 15 is 0 Å². The van der Waals surface area contributed by atoms with E-state index in [2.05, 4.69) is 12.2 Å². The molecule has 0 spiro atoms. The predicted octanol–water partition coefficient (Wildman–Crippen LogP) is 5.11. The van der Waals surface area contributed by atoms with Crippen LogP contribution in [0.1, 0.15) is 110 Å². The molecular weight excluding hydrogens is 321 g/mol. The Labute approximate surface area is 178 Å². The number of nitrogens with one attached hydrogen (secondary N) is 1. The molecule has 1 N–H and O–H groups in total. The van der Waals surface area contributed by atoms with Gasteiger partial charge in [-0.15, -0.1) is 0 Å². The van der Waals surface area contributed by atoms with Crippen LogP contribution in [0.4, 0.5) is 0 Å². The monoisotopic (exact) mass is 363 g/mol. The summed E-state index contributed by atoms with van der Waals surface area (Å²) in [5.41, 5.74) is 0. The van der Waals surface area contributed by atoms with Crippen LogP contribution in [0.15, 0.2) is 0 Å². The van der Waals surface area contributed by atoms with E-state index in [1.54, 1.807) is 0 Å². The van der Waals surface area contributed by atoms with Crippen molar-refractivity contribution in [1.29, 1.82) is 0 Å². The van der Waals surface area contributed by atoms with Crippen molar-refractivity contribution in [3.8, 4) is 0 Å². The van der Waals surface area contributed by atoms with Gasteiger partial charge in [0.1, 0.15) is 6.04 Å². The third kappa shape index (κ3) is 15.2. The van der Waals surface area contributed by atoms with Crippen LogP contribution in [0.5, 0.6) is 0 Å². The molecule has 1 saturated heterocycles. The molecule has 0 aromatic heterocycles. The van der Waals surface area contributed by atoms with Crippen LogP contribution in [0.3, 0.4) is 0 Å². The first kappa shape index (κ1) is 25.4. The van der Waals surface area contributed by atoms with Gasteiger partial charge in [-0.3, -0.25) is 4.79 Å². The van der Waals surface area contributed by atoms with Gasteiger partial charge >= 0.3 is 35.5 Å². The molecule has 1 rings (SSSR count). The molecule has 0 aliphatic carbocycles. The summed E-state index contributed by atoms with van der Waals surface area (Å²) in [6.07, 6.45) is 21.0. The standard InChI is InChI=1S/C21H41NO2.Na.H/c1-2-3-4-5-6-7-8-9-10-11-12-13-14-15-19-24-21(23)20-17-16-18-22-20;;/h20,22H,2-19H2,1H3;;/t20-;;/m0../s1. The molecule has 0 aromatic carbocycles. The molecule has 3 nitrogen and oxygen atoms in total. The van der Waals surface area contributed by atoms with Crippen LogP contribution in [0.25, 0.3) is 0 Å². The van der Waals surface area contributed by atoms with Crippen LogP contribution < -0.4 is 5.32 Å². The normalized spacial score (nSPS) is 16.6. The molecule has 0 amide bonds. The molecule has 0 radical (unpaired) electrons. The second-order valence-electron chi connectivity index (χ2n) is 7.41. The van der Waals surface area contributed by atoms with Crippen molar-refractivity contribution >= 4 is 35.5 Å². The van der Waals surface area contributed by atoms with Crippen molar-refractivity contribution in [3.63, 3.8) is 0 Å². The van der Waals surface area contributed by atoms with Gasteiger partial charge < -0.3 is 10.1 Å². The SMILES string of the molecule is CCCCCCCCCCCCCCCCOC(=O)[C@@H]1CCCN1.[NaH]. The van der Waals surface area contributed by atoms with Gasteiger partial charge in [-0.2, -0.15) is 0 Å². The molecule has 1 fully saturated rings. The maximum absolute atomic E-state index is 11.7. The van der Waals surface area contributed by atoms with Crippen LogP contribution in [0, 0.1) is 0 Å². The summed E-state index contributed by atoms with van der Waals surface area (Å²) in [4.78, 5) is 11.7. The molecule has 1 aliphatic heterocycles. The van der Waals surface area contributed by atoms with E-state index in [1.165, 1.54) is 83.5 Å². The molecule has 25 heavy (non-hydrogen) atoms. The van der Waals surface area contributed by atoms with Gasteiger partial charge in [0.05, 0.1) is 6.61 Å². The van der Waals surface area contributed by atoms with E-state index in [9.17, 15) is 4.79 Å². The van der Waals surface area contributed by atoms with E-state index in [0.717, 1.165) is 25.8 Å². The Morgan fingerprint density at radius 3 is 1.76 bits per heavy atom. The minimum absolute atomic E-state index is 0. The van der Waals surface area contributed by atoms with E-state index < -0.39 is 0 Å². The Morgan fingerprint density at radius 1 is 0.840 bits per heavy atom. The first-order valence-corrected chi connectivity index (χ1v) is 10.7. The van der Waals surface area contributed by atoms with Crippen molar-refractivity contribution in [3.05, 3.63) is 0 Å². The number of carbonyl (C=O) groups is 1. The Balaban J connectivity index is 0.00000576. The third-order valence-corrected chi connectivity index (χ3v) is 5.09. The number of esters is 1. The molecule has 1 atom stereocenters. The Bertz CT molecular complexity index is 294. The topological polar surface area (TPSA) is 38.3 Å². The summed E-state index contributed by atoms with van der Waals surface area (Å²) in [6.45, 7) is 3.84. The van der Waals surface area contributed by atoms with Gasteiger partial charge in [-0.1, -0.05) is 90.4 Å². The predicted molar refractivity (Wildman–Crippen MR) is 109 cm³/mol. The first-order valence-electron chi connectivity index (χ1n) is 10.7. The average molecular weight is 364 g/mol. The maximum atomic E-state index is 11.7. The number of carbonyl (C=O) groups excluding carboxylic acids is 1. The molecule has 1 aliphatic rings. The van der Waals surface area contributed by atoms with Gasteiger partial charge in [-0.05, 0) is 25.8 Å². The van der Waals surface area contributed by atoms with Gasteiger partial charge in [0.15, 0.2) is 0 Å². The summed E-state index contributed by atoms with van der Waals surface area (Å²) >= 11 is 0. The van der Waals surface area contributed by atoms with Gasteiger partial charge in [0, 0.05) is 0 Å². The first-order chi connectivity index (χ1) is 11.8. The second kappa shape index (κ2) is 19.2. The summed E-state index contributed by atoms with van der Waals surface area (Å²) in [5.74, 6) is -0.0396. The molecule has 0 aromatic rings. The molecular formula is C21H42NNaO2. The fourth-order valence-corrected chi connectivity index (χ4v) is 3.46. The zero-order chi connectivity index (χ0) is 17.3. The van der Waals surface area contributed by atoms with Crippen molar-refractivity contribution in [2.45, 2.75) is 116 Å². The van der Waals surface area contributed by atoms with Crippen molar-refractivity contribution in [2.24, 2.45) is 0 Å². The number of hydrogen-bond acceptors (Lipinski definition) is 3. The fraction of sp³-hybridized carbons (Fsp3) is 0.952. The van der Waals surface area contributed by atoms with E-state index in [0.29, 0.717) is 6.61 Å². The summed E-state index contributed by atoms with van der Waals surface area (Å²) in [7, 11) is 0. The number of unbranched alkanes of at least 4 members (excludes halogenated alkanes) is 13. The molecule has 0 bridgehead atoms. The summed E-state index contributed by atoms with van der Waals surface area (Å²) in [6, 6.07) is -0.0309. The second-order valence-corrected chi connectivity index (χ2v) is 7.41. The Kier molecular flexibility index (Phi) is 19.5. The van der Waals surface area contributed by atoms with Crippen LogP contribution in [0.2, 0.25) is 0 Å². The number of hydrogen-bond donors (Lipinski definition) is 1. The van der Waals surface area contributed by atoms with Crippen LogP contribution in [-0.2, 0) is 9.53 Å². The van der Waals surface area contributed by atoms with Crippen LogP contribution >= 0.6 is 0 Å². The minimum atomic E-state index is -0.0396. The van der Waals surface area contributed by atoms with Gasteiger partial charge in [0.25, 0.3) is 0 Å². The van der Waals surface area contributed by atoms with E-state index in [-0.39, 0.29) is 41.6 Å². The zero-order valence-corrected chi connectivity index (χ0v) is 16.1. The Hall–Kier alpha value is 0.430. The van der Waals surface area contributed by atoms with Crippen LogP contribution in [-0.4, -0.2) is 54.7 Å². The molecule has 4 heteroatoms. The summed E-state index contributed by atoms with van der Waals surface area (Å²) in [5, 5.41) is 3.18. The molecule has 0 saturated carbocycles. The van der Waals surface area contributed by atoms with Gasteiger partial charge in [-0.25, -0.2) is 0 Å². The zero-order valence-electron chi connectivity index (χ0n) is 16.1. The molecule has 1 heterocycles. The van der Waals surface area contributed by atoms with E-state index in [1.807, 2.05) is 0 Å². The number of rotatable bonds is 16. The summed E-state index contributed by atoms with van der Waals surface area (Å²) < 4.78 is 5.33. The quantitative estimate of drug-likeness (QED) is 0.235. The average Bonchev–Trinajstić information content (AvgIpc) is 3.13. The molecule has 0 unspecified atom stereocenters. The van der Waals surface area contributed by atoms with Crippen molar-refractivity contribution in [1.82, 2.24) is 5.32 Å².